The van der Waals surface area contributed by atoms with Crippen molar-refractivity contribution < 1.29 is 14.3 Å². The van der Waals surface area contributed by atoms with Gasteiger partial charge < -0.3 is 15.0 Å². The van der Waals surface area contributed by atoms with Crippen molar-refractivity contribution in [2.75, 3.05) is 38.1 Å². The number of nitrogens with one attached hydrogen (secondary N) is 1. The summed E-state index contributed by atoms with van der Waals surface area (Å²) in [5, 5.41) is 3.78. The van der Waals surface area contributed by atoms with Gasteiger partial charge in [0, 0.05) is 31.2 Å². The summed E-state index contributed by atoms with van der Waals surface area (Å²) >= 11 is 12.1. The van der Waals surface area contributed by atoms with Crippen molar-refractivity contribution in [2.45, 2.75) is 19.9 Å². The number of benzene rings is 2. The summed E-state index contributed by atoms with van der Waals surface area (Å²) in [6, 6.07) is 11.9. The van der Waals surface area contributed by atoms with Crippen molar-refractivity contribution in [1.82, 2.24) is 9.80 Å². The number of halogens is 2. The fourth-order valence-electron chi connectivity index (χ4n) is 3.40. The van der Waals surface area contributed by atoms with E-state index < -0.39 is 0 Å². The van der Waals surface area contributed by atoms with Gasteiger partial charge in [-0.15, -0.1) is 0 Å². The molecule has 1 aliphatic rings. The van der Waals surface area contributed by atoms with Gasteiger partial charge in [0.2, 0.25) is 5.91 Å². The van der Waals surface area contributed by atoms with E-state index >= 15 is 0 Å². The molecule has 0 saturated carbocycles. The van der Waals surface area contributed by atoms with Gasteiger partial charge in [0.1, 0.15) is 5.75 Å². The van der Waals surface area contributed by atoms with Crippen molar-refractivity contribution in [3.8, 4) is 5.75 Å². The Bertz CT molecular complexity index is 914. The Morgan fingerprint density at radius 3 is 2.47 bits per heavy atom. The van der Waals surface area contributed by atoms with Crippen LogP contribution in [0.5, 0.6) is 5.75 Å². The molecule has 2 aromatic carbocycles. The van der Waals surface area contributed by atoms with E-state index in [2.05, 4.69) is 10.2 Å². The van der Waals surface area contributed by atoms with E-state index in [9.17, 15) is 9.59 Å². The number of anilines is 1. The molecule has 1 heterocycles. The molecule has 1 saturated heterocycles. The van der Waals surface area contributed by atoms with Gasteiger partial charge in [-0.3, -0.25) is 14.5 Å². The molecule has 6 nitrogen and oxygen atoms in total. The maximum atomic E-state index is 12.8. The zero-order valence-corrected chi connectivity index (χ0v) is 18.5. The molecule has 0 aliphatic carbocycles. The molecule has 1 aliphatic heterocycles. The first-order valence-electron chi connectivity index (χ1n) is 9.91. The first-order chi connectivity index (χ1) is 14.4. The lowest BCUT2D eigenvalue weighted by atomic mass is 10.1. The zero-order valence-electron chi connectivity index (χ0n) is 17.0. The predicted molar refractivity (Wildman–Crippen MR) is 120 cm³/mol. The lowest BCUT2D eigenvalue weighted by molar-refractivity contribution is -0.121. The van der Waals surface area contributed by atoms with Crippen molar-refractivity contribution in [3.05, 3.63) is 58.1 Å². The van der Waals surface area contributed by atoms with Crippen LogP contribution in [0.2, 0.25) is 10.0 Å². The first kappa shape index (κ1) is 22.4. The zero-order chi connectivity index (χ0) is 21.7. The van der Waals surface area contributed by atoms with Gasteiger partial charge >= 0.3 is 0 Å². The minimum Gasteiger partial charge on any atom is -0.492 e. The van der Waals surface area contributed by atoms with E-state index in [4.69, 9.17) is 27.9 Å². The van der Waals surface area contributed by atoms with Crippen molar-refractivity contribution in [1.29, 1.82) is 0 Å². The molecule has 2 aromatic rings. The first-order valence-corrected chi connectivity index (χ1v) is 10.7. The van der Waals surface area contributed by atoms with Crippen molar-refractivity contribution >= 4 is 40.7 Å². The molecule has 0 bridgehead atoms. The molecular weight excluding hydrogens is 425 g/mol. The highest BCUT2D eigenvalue weighted by Gasteiger charge is 2.29. The number of hydrogen-bond acceptors (Lipinski definition) is 4. The number of carbonyl (C=O) groups is 2. The fourth-order valence-corrected chi connectivity index (χ4v) is 3.89. The smallest absolute Gasteiger partial charge is 0.255 e. The highest BCUT2D eigenvalue weighted by Crippen LogP contribution is 2.25. The van der Waals surface area contributed by atoms with Crippen molar-refractivity contribution in [2.24, 2.45) is 0 Å². The molecule has 0 radical (unpaired) electrons. The molecule has 30 heavy (non-hydrogen) atoms. The standard InChI is InChI=1S/C22H25Cl2N3O3/c1-3-30-20-7-5-4-6-19(20)25-21(28)15(2)26-10-12-27(13-11-26)22(29)17-9-8-16(23)14-18(17)24/h4-9,14-15H,3,10-13H2,1-2H3,(H,25,28). The summed E-state index contributed by atoms with van der Waals surface area (Å²) in [5.74, 6) is 0.414. The van der Waals surface area contributed by atoms with E-state index in [-0.39, 0.29) is 17.9 Å². The summed E-state index contributed by atoms with van der Waals surface area (Å²) in [4.78, 5) is 29.3. The third-order valence-electron chi connectivity index (χ3n) is 5.13. The summed E-state index contributed by atoms with van der Waals surface area (Å²) < 4.78 is 5.57. The SMILES string of the molecule is CCOc1ccccc1NC(=O)C(C)N1CCN(C(=O)c2ccc(Cl)cc2Cl)CC1. The Kier molecular flexibility index (Phi) is 7.58. The van der Waals surface area contributed by atoms with Crippen LogP contribution in [0, 0.1) is 0 Å². The molecule has 1 unspecified atom stereocenters. The van der Waals surface area contributed by atoms with Gasteiger partial charge in [-0.25, -0.2) is 0 Å². The number of para-hydroxylation sites is 2. The van der Waals surface area contributed by atoms with Crippen LogP contribution in [0.4, 0.5) is 5.69 Å². The largest absolute Gasteiger partial charge is 0.492 e. The maximum absolute atomic E-state index is 12.8. The Morgan fingerprint density at radius 1 is 1.10 bits per heavy atom. The minimum atomic E-state index is -0.337. The second-order valence-electron chi connectivity index (χ2n) is 7.05. The minimum absolute atomic E-state index is 0.109. The molecular formula is C22H25Cl2N3O3. The average Bonchev–Trinajstić information content (AvgIpc) is 2.74. The monoisotopic (exact) mass is 449 g/mol. The van der Waals surface area contributed by atoms with Gasteiger partial charge in [-0.2, -0.15) is 0 Å². The summed E-state index contributed by atoms with van der Waals surface area (Å²) in [6.07, 6.45) is 0. The van der Waals surface area contributed by atoms with E-state index in [1.54, 1.807) is 23.1 Å². The van der Waals surface area contributed by atoms with E-state index in [1.807, 2.05) is 38.1 Å². The lowest BCUT2D eigenvalue weighted by Gasteiger charge is -2.37. The number of rotatable bonds is 6. The van der Waals surface area contributed by atoms with Crippen LogP contribution in [0.1, 0.15) is 24.2 Å². The molecule has 0 spiro atoms. The number of piperazine rings is 1. The third-order valence-corrected chi connectivity index (χ3v) is 5.68. The highest BCUT2D eigenvalue weighted by atomic mass is 35.5. The summed E-state index contributed by atoms with van der Waals surface area (Å²) in [6.45, 7) is 6.52. The second-order valence-corrected chi connectivity index (χ2v) is 7.89. The molecule has 1 fully saturated rings. The van der Waals surface area contributed by atoms with Crippen LogP contribution in [0.15, 0.2) is 42.5 Å². The van der Waals surface area contributed by atoms with Crippen LogP contribution in [-0.2, 0) is 4.79 Å². The molecule has 160 valence electrons. The average molecular weight is 450 g/mol. The number of ether oxygens (including phenoxy) is 1. The van der Waals surface area contributed by atoms with Gasteiger partial charge in [-0.05, 0) is 44.2 Å². The van der Waals surface area contributed by atoms with Crippen LogP contribution >= 0.6 is 23.2 Å². The molecule has 0 aromatic heterocycles. The predicted octanol–water partition coefficient (Wildman–Crippen LogP) is 4.18. The Labute approximate surface area is 186 Å². The Balaban J connectivity index is 1.58. The molecule has 3 rings (SSSR count). The molecule has 1 N–H and O–H groups in total. The van der Waals surface area contributed by atoms with Crippen LogP contribution in [-0.4, -0.2) is 60.4 Å². The van der Waals surface area contributed by atoms with E-state index in [0.29, 0.717) is 59.8 Å². The van der Waals surface area contributed by atoms with E-state index in [0.717, 1.165) is 0 Å². The number of nitrogens with zero attached hydrogens (tertiary/aromatic N) is 2. The molecule has 1 atom stereocenters. The summed E-state index contributed by atoms with van der Waals surface area (Å²) in [5.41, 5.74) is 1.09. The Hall–Kier alpha value is -2.28. The van der Waals surface area contributed by atoms with Gasteiger partial charge in [0.25, 0.3) is 5.91 Å². The molecule has 8 heteroatoms. The molecule has 2 amide bonds. The van der Waals surface area contributed by atoms with Gasteiger partial charge in [-0.1, -0.05) is 35.3 Å². The maximum Gasteiger partial charge on any atom is 0.255 e. The Morgan fingerprint density at radius 2 is 1.80 bits per heavy atom. The third kappa shape index (κ3) is 5.25. The number of carbonyl (C=O) groups excluding carboxylic acids is 2. The normalized spacial score (nSPS) is 15.5. The number of hydrogen-bond donors (Lipinski definition) is 1. The van der Waals surface area contributed by atoms with Gasteiger partial charge in [0.05, 0.1) is 28.9 Å². The lowest BCUT2D eigenvalue weighted by Crippen LogP contribution is -2.54. The van der Waals surface area contributed by atoms with E-state index in [1.165, 1.54) is 0 Å². The van der Waals surface area contributed by atoms with Crippen molar-refractivity contribution in [3.63, 3.8) is 0 Å². The fraction of sp³-hybridized carbons (Fsp3) is 0.364. The highest BCUT2D eigenvalue weighted by molar-refractivity contribution is 6.36. The number of amides is 2. The van der Waals surface area contributed by atoms with Crippen LogP contribution in [0.3, 0.4) is 0 Å². The topological polar surface area (TPSA) is 61.9 Å². The van der Waals surface area contributed by atoms with Crippen LogP contribution in [0.25, 0.3) is 0 Å². The van der Waals surface area contributed by atoms with Crippen LogP contribution < -0.4 is 10.1 Å². The van der Waals surface area contributed by atoms with Gasteiger partial charge in [0.15, 0.2) is 0 Å². The quantitative estimate of drug-likeness (QED) is 0.718. The summed E-state index contributed by atoms with van der Waals surface area (Å²) in [7, 11) is 0. The second kappa shape index (κ2) is 10.2.